The van der Waals surface area contributed by atoms with Crippen LogP contribution in [-0.4, -0.2) is 33.3 Å². The zero-order chi connectivity index (χ0) is 16.0. The number of thiazole rings is 1. The Morgan fingerprint density at radius 2 is 2.17 bits per heavy atom. The van der Waals surface area contributed by atoms with Crippen molar-refractivity contribution in [1.82, 2.24) is 14.8 Å². The van der Waals surface area contributed by atoms with E-state index in [9.17, 15) is 4.79 Å². The van der Waals surface area contributed by atoms with Crippen molar-refractivity contribution in [1.29, 1.82) is 0 Å². The second kappa shape index (κ2) is 5.34. The van der Waals surface area contributed by atoms with Gasteiger partial charge < -0.3 is 5.32 Å². The van der Waals surface area contributed by atoms with Crippen molar-refractivity contribution in [2.24, 2.45) is 7.05 Å². The number of hydrogen-bond donors (Lipinski definition) is 1. The van der Waals surface area contributed by atoms with Crippen molar-refractivity contribution in [2.75, 3.05) is 16.8 Å². The Labute approximate surface area is 137 Å². The largest absolute Gasteiger partial charge is 0.350 e. The number of amides is 1. The maximum atomic E-state index is 12.7. The number of rotatable bonds is 3. The number of hydrogen-bond acceptors (Lipinski definition) is 5. The maximum absolute atomic E-state index is 12.7. The van der Waals surface area contributed by atoms with Crippen LogP contribution in [0.25, 0.3) is 10.2 Å². The fourth-order valence-electron chi connectivity index (χ4n) is 2.97. The summed E-state index contributed by atoms with van der Waals surface area (Å²) in [6, 6.07) is 9.71. The van der Waals surface area contributed by atoms with E-state index in [1.54, 1.807) is 20.9 Å². The standard InChI is InChI=1S/C16H17N5OS/c1-10-9-14(20(2)19-10)21-8-7-12(15(21)22)18-16-17-11-5-3-4-6-13(11)23-16/h3-6,9,12H,7-8H2,1-2H3,(H,17,18). The molecular weight excluding hydrogens is 310 g/mol. The van der Waals surface area contributed by atoms with Crippen LogP contribution in [-0.2, 0) is 11.8 Å². The monoisotopic (exact) mass is 327 g/mol. The third-order valence-corrected chi connectivity index (χ3v) is 5.02. The first-order chi connectivity index (χ1) is 11.1. The first-order valence-corrected chi connectivity index (χ1v) is 8.37. The minimum absolute atomic E-state index is 0.0762. The average molecular weight is 327 g/mol. The third kappa shape index (κ3) is 2.46. The Morgan fingerprint density at radius 3 is 2.91 bits per heavy atom. The third-order valence-electron chi connectivity index (χ3n) is 4.05. The van der Waals surface area contributed by atoms with Crippen molar-refractivity contribution >= 4 is 38.4 Å². The van der Waals surface area contributed by atoms with E-state index >= 15 is 0 Å². The molecular formula is C16H17N5OS. The summed E-state index contributed by atoms with van der Waals surface area (Å²) in [5.41, 5.74) is 1.88. The highest BCUT2D eigenvalue weighted by molar-refractivity contribution is 7.22. The van der Waals surface area contributed by atoms with Crippen molar-refractivity contribution in [3.63, 3.8) is 0 Å². The van der Waals surface area contributed by atoms with Gasteiger partial charge >= 0.3 is 0 Å². The molecule has 1 N–H and O–H groups in total. The molecule has 0 aliphatic carbocycles. The van der Waals surface area contributed by atoms with Crippen molar-refractivity contribution < 1.29 is 4.79 Å². The van der Waals surface area contributed by atoms with E-state index in [4.69, 9.17) is 0 Å². The van der Waals surface area contributed by atoms with Crippen LogP contribution in [0.3, 0.4) is 0 Å². The number of para-hydroxylation sites is 1. The van der Waals surface area contributed by atoms with Gasteiger partial charge in [-0.15, -0.1) is 0 Å². The summed E-state index contributed by atoms with van der Waals surface area (Å²) >= 11 is 1.58. The lowest BCUT2D eigenvalue weighted by atomic mass is 10.2. The fraction of sp³-hybridized carbons (Fsp3) is 0.312. The van der Waals surface area contributed by atoms with Gasteiger partial charge in [-0.05, 0) is 25.5 Å². The molecule has 4 rings (SSSR count). The molecule has 6 nitrogen and oxygen atoms in total. The van der Waals surface area contributed by atoms with Crippen LogP contribution in [0.5, 0.6) is 0 Å². The summed E-state index contributed by atoms with van der Waals surface area (Å²) < 4.78 is 2.88. The molecule has 0 bridgehead atoms. The Balaban J connectivity index is 1.54. The number of nitrogens with zero attached hydrogens (tertiary/aromatic N) is 4. The highest BCUT2D eigenvalue weighted by Gasteiger charge is 2.34. The second-order valence-electron chi connectivity index (χ2n) is 5.73. The number of nitrogens with one attached hydrogen (secondary N) is 1. The van der Waals surface area contributed by atoms with E-state index in [1.807, 2.05) is 44.3 Å². The van der Waals surface area contributed by atoms with Gasteiger partial charge in [0.05, 0.1) is 15.9 Å². The molecule has 3 heterocycles. The summed E-state index contributed by atoms with van der Waals surface area (Å²) in [7, 11) is 1.86. The quantitative estimate of drug-likeness (QED) is 0.803. The first-order valence-electron chi connectivity index (χ1n) is 7.56. The number of carbonyl (C=O) groups excluding carboxylic acids is 1. The molecule has 0 radical (unpaired) electrons. The van der Waals surface area contributed by atoms with Gasteiger partial charge in [0.2, 0.25) is 0 Å². The van der Waals surface area contributed by atoms with Gasteiger partial charge in [0.15, 0.2) is 5.13 Å². The Bertz CT molecular complexity index is 851. The molecule has 1 saturated heterocycles. The number of anilines is 2. The molecule has 0 spiro atoms. The molecule has 1 unspecified atom stereocenters. The summed E-state index contributed by atoms with van der Waals surface area (Å²) in [6.07, 6.45) is 0.763. The minimum Gasteiger partial charge on any atom is -0.350 e. The predicted octanol–water partition coefficient (Wildman–Crippen LogP) is 2.56. The van der Waals surface area contributed by atoms with Gasteiger partial charge in [0, 0.05) is 19.7 Å². The van der Waals surface area contributed by atoms with E-state index in [0.717, 1.165) is 33.3 Å². The molecule has 1 fully saturated rings. The van der Waals surface area contributed by atoms with Gasteiger partial charge in [0.1, 0.15) is 11.9 Å². The van der Waals surface area contributed by atoms with E-state index < -0.39 is 0 Å². The van der Waals surface area contributed by atoms with E-state index in [2.05, 4.69) is 15.4 Å². The van der Waals surface area contributed by atoms with Gasteiger partial charge in [-0.2, -0.15) is 5.10 Å². The molecule has 1 aliphatic rings. The zero-order valence-corrected chi connectivity index (χ0v) is 13.8. The summed E-state index contributed by atoms with van der Waals surface area (Å²) in [5.74, 6) is 0.924. The van der Waals surface area contributed by atoms with Crippen LogP contribution in [0.2, 0.25) is 0 Å². The molecule has 1 aromatic carbocycles. The number of aromatic nitrogens is 3. The average Bonchev–Trinajstić information content (AvgIpc) is 3.18. The topological polar surface area (TPSA) is 63.1 Å². The Hall–Kier alpha value is -2.41. The molecule has 118 valence electrons. The van der Waals surface area contributed by atoms with Crippen molar-refractivity contribution in [2.45, 2.75) is 19.4 Å². The normalized spacial score (nSPS) is 18.1. The van der Waals surface area contributed by atoms with Crippen LogP contribution in [0, 0.1) is 6.92 Å². The smallest absolute Gasteiger partial charge is 0.250 e. The lowest BCUT2D eigenvalue weighted by molar-refractivity contribution is -0.117. The highest BCUT2D eigenvalue weighted by atomic mass is 32.1. The van der Waals surface area contributed by atoms with Crippen molar-refractivity contribution in [3.8, 4) is 0 Å². The number of carbonyl (C=O) groups is 1. The first kappa shape index (κ1) is 14.2. The maximum Gasteiger partial charge on any atom is 0.250 e. The second-order valence-corrected chi connectivity index (χ2v) is 6.76. The lowest BCUT2D eigenvalue weighted by Crippen LogP contribution is -2.34. The number of benzene rings is 1. The molecule has 2 aromatic heterocycles. The van der Waals surface area contributed by atoms with Crippen LogP contribution >= 0.6 is 11.3 Å². The molecule has 0 saturated carbocycles. The molecule has 1 amide bonds. The summed E-state index contributed by atoms with van der Waals surface area (Å²) in [4.78, 5) is 19.0. The van der Waals surface area contributed by atoms with Crippen LogP contribution in [0.4, 0.5) is 10.9 Å². The van der Waals surface area contributed by atoms with Crippen LogP contribution < -0.4 is 10.2 Å². The highest BCUT2D eigenvalue weighted by Crippen LogP contribution is 2.29. The number of fused-ring (bicyclic) bond motifs is 1. The molecule has 3 aromatic rings. The molecule has 23 heavy (non-hydrogen) atoms. The van der Waals surface area contributed by atoms with Crippen LogP contribution in [0.15, 0.2) is 30.3 Å². The molecule has 1 atom stereocenters. The molecule has 7 heteroatoms. The van der Waals surface area contributed by atoms with Crippen LogP contribution in [0.1, 0.15) is 12.1 Å². The van der Waals surface area contributed by atoms with Gasteiger partial charge in [-0.1, -0.05) is 23.5 Å². The van der Waals surface area contributed by atoms with E-state index in [0.29, 0.717) is 6.54 Å². The lowest BCUT2D eigenvalue weighted by Gasteiger charge is -2.16. The minimum atomic E-state index is -0.231. The van der Waals surface area contributed by atoms with E-state index in [-0.39, 0.29) is 11.9 Å². The molecule has 1 aliphatic heterocycles. The van der Waals surface area contributed by atoms with Crippen molar-refractivity contribution in [3.05, 3.63) is 36.0 Å². The van der Waals surface area contributed by atoms with Gasteiger partial charge in [-0.3, -0.25) is 14.4 Å². The van der Waals surface area contributed by atoms with E-state index in [1.165, 1.54) is 0 Å². The number of aryl methyl sites for hydroxylation is 2. The van der Waals surface area contributed by atoms with Gasteiger partial charge in [0.25, 0.3) is 5.91 Å². The Kier molecular flexibility index (Phi) is 3.30. The fourth-order valence-corrected chi connectivity index (χ4v) is 3.89. The Morgan fingerprint density at radius 1 is 1.35 bits per heavy atom. The van der Waals surface area contributed by atoms with Gasteiger partial charge in [-0.25, -0.2) is 4.98 Å². The SMILES string of the molecule is Cc1cc(N2CCC(Nc3nc4ccccc4s3)C2=O)n(C)n1. The summed E-state index contributed by atoms with van der Waals surface area (Å²) in [6.45, 7) is 2.63. The summed E-state index contributed by atoms with van der Waals surface area (Å²) in [5, 5.41) is 8.41. The zero-order valence-electron chi connectivity index (χ0n) is 13.0. The predicted molar refractivity (Wildman–Crippen MR) is 91.9 cm³/mol.